The van der Waals surface area contributed by atoms with Crippen LogP contribution in [0.4, 0.5) is 4.79 Å². The third-order valence-corrected chi connectivity index (χ3v) is 1.60. The average molecular weight is 176 g/mol. The molecular weight excluding hydrogens is 164 g/mol. The number of carboxylic acid groups (broad SMARTS) is 1. The van der Waals surface area contributed by atoms with E-state index in [-0.39, 0.29) is 12.7 Å². The molecule has 0 aromatic rings. The number of hydrazine groups is 1. The number of aliphatic hydroxyl groups excluding tert-OH is 1. The summed E-state index contributed by atoms with van der Waals surface area (Å²) in [6.45, 7) is 1.26. The standard InChI is InChI=1S/C6H12N2O4/c9-4-5-3-8(1-2-12-5)7-6(10)11/h5,7,9H,1-4H2,(H,10,11)/t5-/m1/s1. The largest absolute Gasteiger partial charge is 0.464 e. The number of rotatable bonds is 2. The van der Waals surface area contributed by atoms with E-state index in [2.05, 4.69) is 5.43 Å². The molecule has 1 atom stereocenters. The van der Waals surface area contributed by atoms with Crippen molar-refractivity contribution >= 4 is 6.09 Å². The van der Waals surface area contributed by atoms with Gasteiger partial charge in [-0.1, -0.05) is 0 Å². The molecule has 1 saturated heterocycles. The van der Waals surface area contributed by atoms with Crippen molar-refractivity contribution in [2.75, 3.05) is 26.3 Å². The van der Waals surface area contributed by atoms with Gasteiger partial charge in [0.25, 0.3) is 0 Å². The molecule has 0 saturated carbocycles. The van der Waals surface area contributed by atoms with Crippen LogP contribution in [0.15, 0.2) is 0 Å². The number of morpholine rings is 1. The molecule has 1 heterocycles. The Kier molecular flexibility index (Phi) is 3.27. The van der Waals surface area contributed by atoms with E-state index in [1.54, 1.807) is 0 Å². The highest BCUT2D eigenvalue weighted by Crippen LogP contribution is 2.01. The van der Waals surface area contributed by atoms with Gasteiger partial charge >= 0.3 is 6.09 Å². The Labute approximate surface area is 69.7 Å². The molecule has 1 aliphatic heterocycles. The van der Waals surface area contributed by atoms with Gasteiger partial charge < -0.3 is 14.9 Å². The number of hydrogen-bond acceptors (Lipinski definition) is 4. The van der Waals surface area contributed by atoms with Gasteiger partial charge in [-0.15, -0.1) is 0 Å². The van der Waals surface area contributed by atoms with Gasteiger partial charge in [-0.05, 0) is 0 Å². The first kappa shape index (κ1) is 9.24. The van der Waals surface area contributed by atoms with Crippen LogP contribution in [0.3, 0.4) is 0 Å². The first-order valence-corrected chi connectivity index (χ1v) is 3.69. The van der Waals surface area contributed by atoms with Gasteiger partial charge in [0.05, 0.1) is 19.3 Å². The maximum Gasteiger partial charge on any atom is 0.419 e. The molecule has 1 fully saturated rings. The number of carbonyl (C=O) groups is 1. The van der Waals surface area contributed by atoms with Crippen molar-refractivity contribution in [3.8, 4) is 0 Å². The van der Waals surface area contributed by atoms with Gasteiger partial charge in [0.1, 0.15) is 0 Å². The van der Waals surface area contributed by atoms with Crippen molar-refractivity contribution in [1.82, 2.24) is 10.4 Å². The summed E-state index contributed by atoms with van der Waals surface area (Å²) in [5, 5.41) is 18.6. The first-order chi connectivity index (χ1) is 5.72. The molecule has 0 aliphatic carbocycles. The van der Waals surface area contributed by atoms with Crippen LogP contribution < -0.4 is 5.43 Å². The second-order valence-electron chi connectivity index (χ2n) is 2.54. The lowest BCUT2D eigenvalue weighted by molar-refractivity contribution is -0.0651. The fraction of sp³-hybridized carbons (Fsp3) is 0.833. The van der Waals surface area contributed by atoms with Crippen LogP contribution in [0.2, 0.25) is 0 Å². The molecule has 1 aliphatic rings. The highest BCUT2D eigenvalue weighted by molar-refractivity contribution is 5.63. The second-order valence-corrected chi connectivity index (χ2v) is 2.54. The summed E-state index contributed by atoms with van der Waals surface area (Å²) in [7, 11) is 0. The highest BCUT2D eigenvalue weighted by Gasteiger charge is 2.20. The Balaban J connectivity index is 2.30. The Morgan fingerprint density at radius 3 is 3.08 bits per heavy atom. The lowest BCUT2D eigenvalue weighted by Gasteiger charge is -2.30. The zero-order valence-corrected chi connectivity index (χ0v) is 6.56. The summed E-state index contributed by atoms with van der Waals surface area (Å²) in [6, 6.07) is 0. The van der Waals surface area contributed by atoms with Gasteiger partial charge in [-0.25, -0.2) is 9.80 Å². The summed E-state index contributed by atoms with van der Waals surface area (Å²) < 4.78 is 5.11. The second kappa shape index (κ2) is 4.24. The molecular formula is C6H12N2O4. The number of nitrogens with zero attached hydrogens (tertiary/aromatic N) is 1. The molecule has 0 radical (unpaired) electrons. The Morgan fingerprint density at radius 2 is 2.50 bits per heavy atom. The Bertz CT molecular complexity index is 164. The van der Waals surface area contributed by atoms with Gasteiger partial charge in [-0.3, -0.25) is 5.43 Å². The van der Waals surface area contributed by atoms with E-state index in [9.17, 15) is 4.79 Å². The van der Waals surface area contributed by atoms with Gasteiger partial charge in [0.15, 0.2) is 0 Å². The summed E-state index contributed by atoms with van der Waals surface area (Å²) in [6.07, 6.45) is -1.38. The molecule has 1 amide bonds. The minimum absolute atomic E-state index is 0.0855. The number of ether oxygens (including phenoxy) is 1. The quantitative estimate of drug-likeness (QED) is 0.495. The molecule has 0 unspecified atom stereocenters. The summed E-state index contributed by atoms with van der Waals surface area (Å²) >= 11 is 0. The smallest absolute Gasteiger partial charge is 0.419 e. The molecule has 0 bridgehead atoms. The summed E-state index contributed by atoms with van der Waals surface area (Å²) in [5.41, 5.74) is 2.20. The minimum atomic E-state index is -1.09. The van der Waals surface area contributed by atoms with Crippen molar-refractivity contribution in [2.45, 2.75) is 6.10 Å². The number of aliphatic hydroxyl groups is 1. The lowest BCUT2D eigenvalue weighted by atomic mass is 10.3. The molecule has 6 nitrogen and oxygen atoms in total. The van der Waals surface area contributed by atoms with Crippen molar-refractivity contribution in [3.63, 3.8) is 0 Å². The third kappa shape index (κ3) is 2.65. The molecule has 70 valence electrons. The summed E-state index contributed by atoms with van der Waals surface area (Å²) in [5.74, 6) is 0. The topological polar surface area (TPSA) is 82.0 Å². The van der Waals surface area contributed by atoms with Crippen LogP contribution in [-0.2, 0) is 4.74 Å². The van der Waals surface area contributed by atoms with Gasteiger partial charge in [0, 0.05) is 13.1 Å². The number of hydrogen-bond donors (Lipinski definition) is 3. The Morgan fingerprint density at radius 1 is 1.75 bits per heavy atom. The van der Waals surface area contributed by atoms with Crippen molar-refractivity contribution in [2.24, 2.45) is 0 Å². The zero-order valence-electron chi connectivity index (χ0n) is 6.56. The van der Waals surface area contributed by atoms with Crippen LogP contribution in [-0.4, -0.2) is 53.7 Å². The predicted molar refractivity (Wildman–Crippen MR) is 39.6 cm³/mol. The van der Waals surface area contributed by atoms with E-state index >= 15 is 0 Å². The lowest BCUT2D eigenvalue weighted by Crippen LogP contribution is -2.52. The van der Waals surface area contributed by atoms with Crippen LogP contribution in [0.5, 0.6) is 0 Å². The zero-order chi connectivity index (χ0) is 8.97. The fourth-order valence-corrected chi connectivity index (χ4v) is 1.07. The maximum atomic E-state index is 10.2. The van der Waals surface area contributed by atoms with E-state index in [1.807, 2.05) is 0 Å². The van der Waals surface area contributed by atoms with E-state index in [0.717, 1.165) is 0 Å². The van der Waals surface area contributed by atoms with E-state index < -0.39 is 6.09 Å². The van der Waals surface area contributed by atoms with E-state index in [4.69, 9.17) is 14.9 Å². The van der Waals surface area contributed by atoms with Crippen molar-refractivity contribution < 1.29 is 19.7 Å². The van der Waals surface area contributed by atoms with Gasteiger partial charge in [0.2, 0.25) is 0 Å². The monoisotopic (exact) mass is 176 g/mol. The van der Waals surface area contributed by atoms with Crippen molar-refractivity contribution in [1.29, 1.82) is 0 Å². The normalized spacial score (nSPS) is 25.2. The molecule has 0 aromatic heterocycles. The SMILES string of the molecule is O=C(O)NN1CCO[C@@H](CO)C1. The highest BCUT2D eigenvalue weighted by atomic mass is 16.5. The predicted octanol–water partition coefficient (Wildman–Crippen LogP) is -1.14. The van der Waals surface area contributed by atoms with Crippen molar-refractivity contribution in [3.05, 3.63) is 0 Å². The molecule has 3 N–H and O–H groups in total. The fourth-order valence-electron chi connectivity index (χ4n) is 1.07. The van der Waals surface area contributed by atoms with E-state index in [0.29, 0.717) is 19.7 Å². The van der Waals surface area contributed by atoms with E-state index in [1.165, 1.54) is 5.01 Å². The number of amides is 1. The Hall–Kier alpha value is -0.850. The summed E-state index contributed by atoms with van der Waals surface area (Å²) in [4.78, 5) is 10.2. The molecule has 0 aromatic carbocycles. The first-order valence-electron chi connectivity index (χ1n) is 3.69. The molecule has 12 heavy (non-hydrogen) atoms. The third-order valence-electron chi connectivity index (χ3n) is 1.60. The molecule has 1 rings (SSSR count). The molecule has 6 heteroatoms. The minimum Gasteiger partial charge on any atom is -0.464 e. The van der Waals surface area contributed by atoms with Gasteiger partial charge in [-0.2, -0.15) is 0 Å². The maximum absolute atomic E-state index is 10.2. The van der Waals surface area contributed by atoms with Crippen LogP contribution in [0.25, 0.3) is 0 Å². The van der Waals surface area contributed by atoms with Crippen LogP contribution in [0.1, 0.15) is 0 Å². The number of nitrogens with one attached hydrogen (secondary N) is 1. The van der Waals surface area contributed by atoms with Crippen LogP contribution in [0, 0.1) is 0 Å². The molecule has 0 spiro atoms. The van der Waals surface area contributed by atoms with Crippen LogP contribution >= 0.6 is 0 Å². The average Bonchev–Trinajstić information content (AvgIpc) is 2.03.